The lowest BCUT2D eigenvalue weighted by atomic mass is 10.1. The third-order valence-electron chi connectivity index (χ3n) is 3.98. The maximum absolute atomic E-state index is 13.4. The molecule has 9 heteroatoms. The van der Waals surface area contributed by atoms with Crippen molar-refractivity contribution in [2.45, 2.75) is 18.4 Å². The van der Waals surface area contributed by atoms with Crippen molar-refractivity contribution in [3.63, 3.8) is 0 Å². The van der Waals surface area contributed by atoms with E-state index in [1.54, 1.807) is 19.1 Å². The molecule has 0 radical (unpaired) electrons. The van der Waals surface area contributed by atoms with Crippen LogP contribution in [0.25, 0.3) is 0 Å². The fourth-order valence-electron chi connectivity index (χ4n) is 2.44. The Balaban J connectivity index is 2.36. The molecule has 0 N–H and O–H groups in total. The Labute approximate surface area is 163 Å². The van der Waals surface area contributed by atoms with Crippen LogP contribution in [0.2, 0.25) is 5.02 Å². The van der Waals surface area contributed by atoms with Crippen LogP contribution in [0.4, 0.5) is 4.39 Å². The number of sulfonamides is 1. The van der Waals surface area contributed by atoms with Crippen LogP contribution in [-0.4, -0.2) is 44.4 Å². The van der Waals surface area contributed by atoms with Gasteiger partial charge >= 0.3 is 0 Å². The van der Waals surface area contributed by atoms with E-state index in [2.05, 4.69) is 0 Å². The van der Waals surface area contributed by atoms with E-state index in [9.17, 15) is 17.6 Å². The predicted octanol–water partition coefficient (Wildman–Crippen LogP) is 3.32. The van der Waals surface area contributed by atoms with E-state index >= 15 is 0 Å². The summed E-state index contributed by atoms with van der Waals surface area (Å²) in [4.78, 5) is 18.8. The Morgan fingerprint density at radius 1 is 1.22 bits per heavy atom. The smallest absolute Gasteiger partial charge is 0.266 e. The maximum atomic E-state index is 13.4. The Morgan fingerprint density at radius 3 is 2.52 bits per heavy atom. The summed E-state index contributed by atoms with van der Waals surface area (Å²) in [6.45, 7) is 2.33. The second-order valence-electron chi connectivity index (χ2n) is 5.69. The number of rotatable bonds is 7. The van der Waals surface area contributed by atoms with Gasteiger partial charge in [-0.3, -0.25) is 9.63 Å². The summed E-state index contributed by atoms with van der Waals surface area (Å²) >= 11 is 6.02. The molecular weight excluding hydrogens is 395 g/mol. The monoisotopic (exact) mass is 414 g/mol. The summed E-state index contributed by atoms with van der Waals surface area (Å²) < 4.78 is 39.0. The fourth-order valence-corrected chi connectivity index (χ4v) is 3.91. The van der Waals surface area contributed by atoms with Crippen LogP contribution in [-0.2, 0) is 21.4 Å². The Morgan fingerprint density at radius 2 is 1.93 bits per heavy atom. The van der Waals surface area contributed by atoms with E-state index in [4.69, 9.17) is 16.4 Å². The van der Waals surface area contributed by atoms with Crippen molar-refractivity contribution in [2.75, 3.05) is 20.7 Å². The minimum absolute atomic E-state index is 0.0244. The molecule has 0 aliphatic heterocycles. The average Bonchev–Trinajstić information content (AvgIpc) is 2.65. The van der Waals surface area contributed by atoms with Gasteiger partial charge in [0.1, 0.15) is 10.7 Å². The van der Waals surface area contributed by atoms with Crippen LogP contribution in [0.5, 0.6) is 0 Å². The van der Waals surface area contributed by atoms with Crippen molar-refractivity contribution in [1.82, 2.24) is 9.37 Å². The molecule has 146 valence electrons. The number of carbonyl (C=O) groups excluding carboxylic acids is 1. The zero-order valence-corrected chi connectivity index (χ0v) is 16.7. The van der Waals surface area contributed by atoms with Crippen LogP contribution in [0.1, 0.15) is 22.8 Å². The van der Waals surface area contributed by atoms with Gasteiger partial charge in [0.25, 0.3) is 15.9 Å². The summed E-state index contributed by atoms with van der Waals surface area (Å²) in [5.41, 5.74) is 0.784. The molecule has 2 rings (SSSR count). The zero-order valence-electron chi connectivity index (χ0n) is 15.1. The lowest BCUT2D eigenvalue weighted by Gasteiger charge is -2.22. The van der Waals surface area contributed by atoms with Gasteiger partial charge in [0.05, 0.1) is 12.1 Å². The SMILES string of the molecule is CCN(Cc1cccc(F)c1)C(=O)c1ccc(Cl)c(S(=O)(=O)N(C)OC)c1. The highest BCUT2D eigenvalue weighted by Gasteiger charge is 2.26. The third-order valence-corrected chi connectivity index (χ3v) is 6.14. The Hall–Kier alpha value is -2.00. The molecule has 0 saturated heterocycles. The van der Waals surface area contributed by atoms with E-state index < -0.39 is 21.7 Å². The van der Waals surface area contributed by atoms with Crippen LogP contribution in [0.15, 0.2) is 47.4 Å². The van der Waals surface area contributed by atoms with E-state index in [0.29, 0.717) is 16.6 Å². The van der Waals surface area contributed by atoms with Crippen molar-refractivity contribution in [3.05, 3.63) is 64.4 Å². The first-order valence-electron chi connectivity index (χ1n) is 8.07. The Bertz CT molecular complexity index is 937. The molecule has 1 amide bonds. The maximum Gasteiger partial charge on any atom is 0.266 e. The van der Waals surface area contributed by atoms with Crippen LogP contribution < -0.4 is 0 Å². The second kappa shape index (κ2) is 8.79. The number of benzene rings is 2. The quantitative estimate of drug-likeness (QED) is 0.652. The number of amides is 1. The minimum Gasteiger partial charge on any atom is -0.335 e. The summed E-state index contributed by atoms with van der Waals surface area (Å²) in [5, 5.41) is -0.0244. The Kier molecular flexibility index (Phi) is 6.94. The van der Waals surface area contributed by atoms with E-state index in [-0.39, 0.29) is 22.0 Å². The first-order valence-corrected chi connectivity index (χ1v) is 9.88. The van der Waals surface area contributed by atoms with Crippen molar-refractivity contribution in [2.24, 2.45) is 0 Å². The standard InChI is InChI=1S/C18H20ClFN2O4S/c1-4-22(12-13-6-5-7-15(20)10-13)18(23)14-8-9-16(19)17(11-14)27(24,25)21(2)26-3/h5-11H,4,12H2,1-3H3. The lowest BCUT2D eigenvalue weighted by molar-refractivity contribution is -0.0258. The molecule has 2 aromatic rings. The number of carbonyl (C=O) groups is 1. The van der Waals surface area contributed by atoms with E-state index in [1.807, 2.05) is 0 Å². The molecule has 0 atom stereocenters. The molecule has 0 aliphatic rings. The van der Waals surface area contributed by atoms with Gasteiger partial charge < -0.3 is 4.90 Å². The zero-order chi connectivity index (χ0) is 20.2. The topological polar surface area (TPSA) is 66.9 Å². The summed E-state index contributed by atoms with van der Waals surface area (Å²) in [6, 6.07) is 9.96. The number of hydrogen-bond acceptors (Lipinski definition) is 4. The molecule has 0 aliphatic carbocycles. The molecule has 0 unspecified atom stereocenters. The molecular formula is C18H20ClFN2O4S. The highest BCUT2D eigenvalue weighted by Crippen LogP contribution is 2.26. The number of nitrogens with zero attached hydrogens (tertiary/aromatic N) is 2. The molecule has 0 spiro atoms. The van der Waals surface area contributed by atoms with Gasteiger partial charge in [-0.05, 0) is 42.8 Å². The van der Waals surface area contributed by atoms with Crippen molar-refractivity contribution in [3.8, 4) is 0 Å². The van der Waals surface area contributed by atoms with Crippen LogP contribution >= 0.6 is 11.6 Å². The lowest BCUT2D eigenvalue weighted by Crippen LogP contribution is -2.31. The average molecular weight is 415 g/mol. The minimum atomic E-state index is -4.01. The van der Waals surface area contributed by atoms with E-state index in [1.165, 1.54) is 49.4 Å². The third kappa shape index (κ3) is 4.84. The van der Waals surface area contributed by atoms with Gasteiger partial charge in [0.2, 0.25) is 0 Å². The van der Waals surface area contributed by atoms with Crippen molar-refractivity contribution < 1.29 is 22.4 Å². The molecule has 2 aromatic carbocycles. The largest absolute Gasteiger partial charge is 0.335 e. The first-order chi connectivity index (χ1) is 12.7. The number of hydrogen-bond donors (Lipinski definition) is 0. The van der Waals surface area contributed by atoms with E-state index in [0.717, 1.165) is 0 Å². The van der Waals surface area contributed by atoms with Gasteiger partial charge in [-0.15, -0.1) is 0 Å². The van der Waals surface area contributed by atoms with Gasteiger partial charge in [0.15, 0.2) is 0 Å². The first kappa shape index (κ1) is 21.3. The summed E-state index contributed by atoms with van der Waals surface area (Å²) in [7, 11) is -1.58. The van der Waals surface area contributed by atoms with Crippen molar-refractivity contribution >= 4 is 27.5 Å². The molecule has 0 saturated carbocycles. The number of halogens is 2. The summed E-state index contributed by atoms with van der Waals surface area (Å²) in [6.07, 6.45) is 0. The van der Waals surface area contributed by atoms with Gasteiger partial charge in [-0.1, -0.05) is 28.2 Å². The highest BCUT2D eigenvalue weighted by molar-refractivity contribution is 7.89. The number of hydroxylamine groups is 1. The molecule has 0 heterocycles. The van der Waals surface area contributed by atoms with Crippen molar-refractivity contribution in [1.29, 1.82) is 0 Å². The molecule has 27 heavy (non-hydrogen) atoms. The van der Waals surface area contributed by atoms with Crippen LogP contribution in [0, 0.1) is 5.82 Å². The summed E-state index contributed by atoms with van der Waals surface area (Å²) in [5.74, 6) is -0.784. The predicted molar refractivity (Wildman–Crippen MR) is 100 cm³/mol. The van der Waals surface area contributed by atoms with Gasteiger partial charge in [-0.2, -0.15) is 0 Å². The normalized spacial score (nSPS) is 11.6. The molecule has 0 bridgehead atoms. The molecule has 0 fully saturated rings. The van der Waals surface area contributed by atoms with Crippen LogP contribution in [0.3, 0.4) is 0 Å². The highest BCUT2D eigenvalue weighted by atomic mass is 35.5. The van der Waals surface area contributed by atoms with Gasteiger partial charge in [-0.25, -0.2) is 12.8 Å². The fraction of sp³-hybridized carbons (Fsp3) is 0.278. The van der Waals surface area contributed by atoms with Gasteiger partial charge in [0, 0.05) is 25.7 Å². The second-order valence-corrected chi connectivity index (χ2v) is 8.00. The molecule has 6 nitrogen and oxygen atoms in total. The molecule has 0 aromatic heterocycles.